The Kier molecular flexibility index (Phi) is 21.4. The van der Waals surface area contributed by atoms with Gasteiger partial charge in [0.2, 0.25) is 0 Å². The van der Waals surface area contributed by atoms with E-state index >= 15 is 0 Å². The maximum atomic E-state index is 5.75. The molecular formula is C53H78N4O2. The van der Waals surface area contributed by atoms with E-state index in [4.69, 9.17) is 9.47 Å². The third kappa shape index (κ3) is 17.8. The number of ether oxygens (including phenoxy) is 2. The van der Waals surface area contributed by atoms with Crippen molar-refractivity contribution in [3.8, 4) is 11.5 Å². The van der Waals surface area contributed by atoms with Gasteiger partial charge in [-0.05, 0) is 133 Å². The summed E-state index contributed by atoms with van der Waals surface area (Å²) in [7, 11) is 8.21. The summed E-state index contributed by atoms with van der Waals surface area (Å²) in [4.78, 5) is 10.3. The largest absolute Gasteiger partial charge is 0.496 e. The second-order valence-electron chi connectivity index (χ2n) is 17.4. The van der Waals surface area contributed by atoms with Gasteiger partial charge in [-0.3, -0.25) is 9.80 Å². The van der Waals surface area contributed by atoms with Gasteiger partial charge < -0.3 is 19.3 Å². The topological polar surface area (TPSA) is 31.4 Å². The highest BCUT2D eigenvalue weighted by molar-refractivity contribution is 5.35. The third-order valence-electron chi connectivity index (χ3n) is 12.3. The molecule has 4 aromatic carbocycles. The van der Waals surface area contributed by atoms with Crippen LogP contribution in [0.15, 0.2) is 97.1 Å². The molecule has 0 spiro atoms. The molecule has 0 fully saturated rings. The Balaban J connectivity index is 1.22. The van der Waals surface area contributed by atoms with Crippen LogP contribution in [0.3, 0.4) is 0 Å². The van der Waals surface area contributed by atoms with Gasteiger partial charge in [-0.15, -0.1) is 0 Å². The van der Waals surface area contributed by atoms with Crippen LogP contribution >= 0.6 is 0 Å². The minimum absolute atomic E-state index is 0.897. The van der Waals surface area contributed by atoms with Crippen LogP contribution in [-0.2, 0) is 32.6 Å². The van der Waals surface area contributed by atoms with Crippen molar-refractivity contribution >= 4 is 0 Å². The number of para-hydroxylation sites is 2. The molecule has 3 aliphatic heterocycles. The fraction of sp³-hybridized carbons (Fsp3) is 0.547. The fourth-order valence-electron chi connectivity index (χ4n) is 8.69. The van der Waals surface area contributed by atoms with Gasteiger partial charge in [-0.1, -0.05) is 136 Å². The highest BCUT2D eigenvalue weighted by Crippen LogP contribution is 2.24. The normalized spacial score (nSPS) is 18.5. The number of methoxy groups -OCH3 is 2. The predicted octanol–water partition coefficient (Wildman–Crippen LogP) is 11.6. The van der Waals surface area contributed by atoms with E-state index in [1.807, 2.05) is 0 Å². The van der Waals surface area contributed by atoms with E-state index in [-0.39, 0.29) is 0 Å². The highest BCUT2D eigenvalue weighted by Gasteiger charge is 2.13. The van der Waals surface area contributed by atoms with E-state index in [1.54, 1.807) is 14.2 Å². The predicted molar refractivity (Wildman–Crippen MR) is 250 cm³/mol. The van der Waals surface area contributed by atoms with E-state index in [0.717, 1.165) is 57.2 Å². The third-order valence-corrected chi connectivity index (χ3v) is 12.3. The van der Waals surface area contributed by atoms with Gasteiger partial charge in [0.25, 0.3) is 0 Å². The summed E-state index contributed by atoms with van der Waals surface area (Å²) in [5.74, 6) is 1.96. The molecule has 59 heavy (non-hydrogen) atoms. The van der Waals surface area contributed by atoms with Crippen LogP contribution < -0.4 is 9.47 Å². The van der Waals surface area contributed by atoms with Gasteiger partial charge in [0.15, 0.2) is 0 Å². The Morgan fingerprint density at radius 2 is 0.678 bits per heavy atom. The minimum Gasteiger partial charge on any atom is -0.496 e. The van der Waals surface area contributed by atoms with E-state index in [0.29, 0.717) is 0 Å². The van der Waals surface area contributed by atoms with Crippen LogP contribution in [0.2, 0.25) is 0 Å². The average molecular weight is 803 g/mol. The molecule has 0 amide bonds. The van der Waals surface area contributed by atoms with Crippen molar-refractivity contribution < 1.29 is 9.47 Å². The fourth-order valence-corrected chi connectivity index (χ4v) is 8.69. The zero-order valence-corrected chi connectivity index (χ0v) is 37.5. The van der Waals surface area contributed by atoms with Crippen LogP contribution in [0.4, 0.5) is 0 Å². The van der Waals surface area contributed by atoms with Crippen molar-refractivity contribution in [1.82, 2.24) is 19.6 Å². The number of hydrogen-bond donors (Lipinski definition) is 0. The molecule has 0 radical (unpaired) electrons. The summed E-state index contributed by atoms with van der Waals surface area (Å²) in [6, 6.07) is 35.7. The molecular weight excluding hydrogens is 725 g/mol. The van der Waals surface area contributed by atoms with Gasteiger partial charge in [-0.25, -0.2) is 0 Å². The minimum atomic E-state index is 0.897. The number of fused-ring (bicyclic) bond motifs is 2. The highest BCUT2D eigenvalue weighted by atomic mass is 16.5. The Morgan fingerprint density at radius 1 is 0.373 bits per heavy atom. The second-order valence-corrected chi connectivity index (χ2v) is 17.4. The molecule has 4 aromatic rings. The second kappa shape index (κ2) is 27.2. The van der Waals surface area contributed by atoms with Gasteiger partial charge in [0.05, 0.1) is 14.2 Å². The zero-order chi connectivity index (χ0) is 41.3. The molecule has 7 rings (SSSR count). The Bertz CT molecular complexity index is 1570. The lowest BCUT2D eigenvalue weighted by Gasteiger charge is -2.24. The smallest absolute Gasteiger partial charge is 0.123 e. The van der Waals surface area contributed by atoms with Crippen molar-refractivity contribution in [2.24, 2.45) is 0 Å². The quantitative estimate of drug-likeness (QED) is 0.193. The maximum absolute atomic E-state index is 5.75. The molecule has 0 N–H and O–H groups in total. The summed E-state index contributed by atoms with van der Waals surface area (Å²) in [5, 5.41) is 0. The monoisotopic (exact) mass is 803 g/mol. The van der Waals surface area contributed by atoms with Crippen molar-refractivity contribution in [2.75, 3.05) is 67.6 Å². The maximum Gasteiger partial charge on any atom is 0.123 e. The molecule has 0 unspecified atom stereocenters. The number of benzene rings is 4. The van der Waals surface area contributed by atoms with Crippen molar-refractivity contribution in [1.29, 1.82) is 0 Å². The summed E-state index contributed by atoms with van der Waals surface area (Å²) in [6.45, 7) is 10.8. The average Bonchev–Trinajstić information content (AvgIpc) is 3.25. The molecule has 322 valence electrons. The van der Waals surface area contributed by atoms with Crippen LogP contribution in [0.25, 0.3) is 0 Å². The molecule has 0 aliphatic carbocycles. The van der Waals surface area contributed by atoms with Crippen LogP contribution in [0, 0.1) is 0 Å². The lowest BCUT2D eigenvalue weighted by Crippen LogP contribution is -2.24. The van der Waals surface area contributed by atoms with Crippen LogP contribution in [-0.4, -0.2) is 87.2 Å². The first-order valence-electron chi connectivity index (χ1n) is 23.2. The van der Waals surface area contributed by atoms with Crippen LogP contribution in [0.5, 0.6) is 11.5 Å². The standard InChI is InChI=1S/C53H78N4O2/c1-54-35-17-7-5-6-8-18-36-55(2)38-20-10-12-22-40-57(45-51-24-14-16-26-53(51)59-4)43-49-33-29-47(30-34-49)41-46-27-31-48(32-28-46)42-56(39-21-11-9-19-37-54)44-50-23-13-15-25-52(50)58-3/h13-16,23-34H,5-12,17-22,35-45H2,1-4H3. The van der Waals surface area contributed by atoms with E-state index in [9.17, 15) is 0 Å². The Labute approximate surface area is 359 Å². The van der Waals surface area contributed by atoms with Crippen molar-refractivity contribution in [3.05, 3.63) is 130 Å². The molecule has 0 saturated carbocycles. The molecule has 0 aromatic heterocycles. The summed E-state index contributed by atoms with van der Waals surface area (Å²) in [6.07, 6.45) is 19.3. The summed E-state index contributed by atoms with van der Waals surface area (Å²) in [5.41, 5.74) is 7.99. The van der Waals surface area contributed by atoms with Gasteiger partial charge >= 0.3 is 0 Å². The number of nitrogens with zero attached hydrogens (tertiary/aromatic N) is 4. The van der Waals surface area contributed by atoms with E-state index < -0.39 is 0 Å². The first kappa shape index (κ1) is 46.4. The van der Waals surface area contributed by atoms with Gasteiger partial charge in [0.1, 0.15) is 11.5 Å². The van der Waals surface area contributed by atoms with Gasteiger partial charge in [0, 0.05) is 37.3 Å². The van der Waals surface area contributed by atoms with Crippen molar-refractivity contribution in [2.45, 2.75) is 122 Å². The molecule has 6 heteroatoms. The first-order valence-corrected chi connectivity index (χ1v) is 23.2. The van der Waals surface area contributed by atoms with E-state index in [2.05, 4.69) is 131 Å². The molecule has 6 nitrogen and oxygen atoms in total. The molecule has 3 heterocycles. The lowest BCUT2D eigenvalue weighted by atomic mass is 10.0. The van der Waals surface area contributed by atoms with Crippen LogP contribution in [0.1, 0.15) is 123 Å². The Morgan fingerprint density at radius 3 is 1.03 bits per heavy atom. The lowest BCUT2D eigenvalue weighted by molar-refractivity contribution is 0.244. The summed E-state index contributed by atoms with van der Waals surface area (Å²) >= 11 is 0. The number of hydrogen-bond acceptors (Lipinski definition) is 6. The Hall–Kier alpha value is -3.68. The SMILES string of the molecule is COc1ccccc1CN1CCCCCCN(C)CCCCCCCCN(C)CCCCCCN(Cc2ccccc2OC)Cc2ccc(cc2)Cc2ccc(cc2)C1. The molecule has 4 bridgehead atoms. The zero-order valence-electron chi connectivity index (χ0n) is 37.5. The van der Waals surface area contributed by atoms with Gasteiger partial charge in [-0.2, -0.15) is 0 Å². The van der Waals surface area contributed by atoms with Crippen molar-refractivity contribution in [3.63, 3.8) is 0 Å². The number of rotatable bonds is 6. The molecule has 3 aliphatic rings. The first-order chi connectivity index (χ1) is 29.0. The molecule has 0 atom stereocenters. The van der Waals surface area contributed by atoms with E-state index in [1.165, 1.54) is 149 Å². The summed E-state index contributed by atoms with van der Waals surface area (Å²) < 4.78 is 11.5. The molecule has 0 saturated heterocycles.